The van der Waals surface area contributed by atoms with Gasteiger partial charge >= 0.3 is 0 Å². The molecule has 5 nitrogen and oxygen atoms in total. The zero-order chi connectivity index (χ0) is 20.4. The molecule has 29 heavy (non-hydrogen) atoms. The van der Waals surface area contributed by atoms with Crippen LogP contribution in [0, 0.1) is 0 Å². The molecule has 1 amide bonds. The van der Waals surface area contributed by atoms with Crippen LogP contribution in [0.5, 0.6) is 0 Å². The van der Waals surface area contributed by atoms with Gasteiger partial charge in [0.15, 0.2) is 9.84 Å². The Balaban J connectivity index is 1.49. The van der Waals surface area contributed by atoms with E-state index < -0.39 is 15.7 Å². The van der Waals surface area contributed by atoms with Gasteiger partial charge in [0.2, 0.25) is 0 Å². The molecule has 1 heterocycles. The first-order valence-electron chi connectivity index (χ1n) is 8.94. The number of fused-ring (bicyclic) bond motifs is 1. The number of benzene rings is 3. The van der Waals surface area contributed by atoms with Gasteiger partial charge < -0.3 is 5.32 Å². The molecule has 7 heteroatoms. The van der Waals surface area contributed by atoms with Crippen LogP contribution < -0.4 is 5.32 Å². The molecular formula is C22H18N2O3S2. The van der Waals surface area contributed by atoms with Crippen molar-refractivity contribution in [3.05, 3.63) is 88.9 Å². The van der Waals surface area contributed by atoms with E-state index in [0.717, 1.165) is 27.0 Å². The second kappa shape index (κ2) is 7.77. The number of anilines is 1. The van der Waals surface area contributed by atoms with E-state index in [4.69, 9.17) is 0 Å². The predicted octanol–water partition coefficient (Wildman–Crippen LogP) is 4.54. The fourth-order valence-corrected chi connectivity index (χ4v) is 4.94. The number of sulfone groups is 1. The average Bonchev–Trinajstić information content (AvgIpc) is 3.11. The lowest BCUT2D eigenvalue weighted by molar-refractivity contribution is 0.102. The summed E-state index contributed by atoms with van der Waals surface area (Å²) in [5, 5.41) is 3.80. The molecule has 0 saturated carbocycles. The molecule has 4 aromatic rings. The maximum atomic E-state index is 12.6. The molecule has 0 saturated heterocycles. The van der Waals surface area contributed by atoms with E-state index in [-0.39, 0.29) is 10.5 Å². The lowest BCUT2D eigenvalue weighted by atomic mass is 10.1. The van der Waals surface area contributed by atoms with Crippen molar-refractivity contribution >= 4 is 43.0 Å². The lowest BCUT2D eigenvalue weighted by Gasteiger charge is -2.09. The summed E-state index contributed by atoms with van der Waals surface area (Å²) in [6.45, 7) is 0. The molecular weight excluding hydrogens is 404 g/mol. The van der Waals surface area contributed by atoms with E-state index in [0.29, 0.717) is 12.1 Å². The summed E-state index contributed by atoms with van der Waals surface area (Å²) in [6.07, 6.45) is 1.81. The molecule has 0 aliphatic rings. The van der Waals surface area contributed by atoms with Crippen LogP contribution in [0.4, 0.5) is 5.69 Å². The maximum Gasteiger partial charge on any atom is 0.256 e. The Morgan fingerprint density at radius 1 is 0.966 bits per heavy atom. The SMILES string of the molecule is CS(=O)(=O)c1ccccc1C(=O)Nc1ccc(Cc2nc3ccccc3s2)cc1. The second-order valence-corrected chi connectivity index (χ2v) is 9.77. The first-order chi connectivity index (χ1) is 13.9. The molecule has 3 aromatic carbocycles. The summed E-state index contributed by atoms with van der Waals surface area (Å²) in [7, 11) is -3.49. The van der Waals surface area contributed by atoms with Crippen molar-refractivity contribution in [3.8, 4) is 0 Å². The minimum Gasteiger partial charge on any atom is -0.322 e. The van der Waals surface area contributed by atoms with Crippen molar-refractivity contribution in [1.82, 2.24) is 4.98 Å². The van der Waals surface area contributed by atoms with Crippen LogP contribution in [0.1, 0.15) is 20.9 Å². The van der Waals surface area contributed by atoms with Gasteiger partial charge in [0, 0.05) is 18.4 Å². The van der Waals surface area contributed by atoms with Gasteiger partial charge in [-0.3, -0.25) is 4.79 Å². The van der Waals surface area contributed by atoms with Crippen molar-refractivity contribution in [2.24, 2.45) is 0 Å². The van der Waals surface area contributed by atoms with Crippen molar-refractivity contribution in [2.45, 2.75) is 11.3 Å². The molecule has 146 valence electrons. The Hall–Kier alpha value is -3.03. The van der Waals surface area contributed by atoms with E-state index in [1.165, 1.54) is 12.1 Å². The van der Waals surface area contributed by atoms with Crippen LogP contribution in [0.15, 0.2) is 77.7 Å². The number of nitrogens with one attached hydrogen (secondary N) is 1. The third-order valence-electron chi connectivity index (χ3n) is 4.44. The Morgan fingerprint density at radius 2 is 1.66 bits per heavy atom. The molecule has 0 fully saturated rings. The zero-order valence-electron chi connectivity index (χ0n) is 15.6. The average molecular weight is 423 g/mol. The van der Waals surface area contributed by atoms with Crippen molar-refractivity contribution in [1.29, 1.82) is 0 Å². The highest BCUT2D eigenvalue weighted by Gasteiger charge is 2.18. The summed E-state index contributed by atoms with van der Waals surface area (Å²) >= 11 is 1.67. The number of amides is 1. The minimum absolute atomic E-state index is 0.0185. The van der Waals surface area contributed by atoms with Crippen LogP contribution in [0.3, 0.4) is 0 Å². The summed E-state index contributed by atoms with van der Waals surface area (Å²) in [6, 6.07) is 21.7. The van der Waals surface area contributed by atoms with Crippen LogP contribution in [0.2, 0.25) is 0 Å². The van der Waals surface area contributed by atoms with E-state index in [2.05, 4.69) is 16.4 Å². The van der Waals surface area contributed by atoms with Crippen LogP contribution in [0.25, 0.3) is 10.2 Å². The van der Waals surface area contributed by atoms with Gasteiger partial charge in [0.25, 0.3) is 5.91 Å². The van der Waals surface area contributed by atoms with E-state index in [1.54, 1.807) is 23.5 Å². The third kappa shape index (κ3) is 4.36. The fourth-order valence-electron chi connectivity index (χ4n) is 3.05. The number of thiazole rings is 1. The first kappa shape index (κ1) is 19.3. The van der Waals surface area contributed by atoms with E-state index >= 15 is 0 Å². The fraction of sp³-hybridized carbons (Fsp3) is 0.0909. The van der Waals surface area contributed by atoms with Gasteiger partial charge in [-0.1, -0.05) is 36.4 Å². The third-order valence-corrected chi connectivity index (χ3v) is 6.63. The molecule has 0 aliphatic heterocycles. The number of hydrogen-bond acceptors (Lipinski definition) is 5. The van der Waals surface area contributed by atoms with Gasteiger partial charge in [-0.2, -0.15) is 0 Å². The Kier molecular flexibility index (Phi) is 5.17. The van der Waals surface area contributed by atoms with E-state index in [1.807, 2.05) is 42.5 Å². The van der Waals surface area contributed by atoms with Crippen LogP contribution in [-0.2, 0) is 16.3 Å². The summed E-state index contributed by atoms with van der Waals surface area (Å²) in [5.41, 5.74) is 2.82. The smallest absolute Gasteiger partial charge is 0.256 e. The highest BCUT2D eigenvalue weighted by atomic mass is 32.2. The maximum absolute atomic E-state index is 12.6. The van der Waals surface area contributed by atoms with Crippen LogP contribution >= 0.6 is 11.3 Å². The largest absolute Gasteiger partial charge is 0.322 e. The first-order valence-corrected chi connectivity index (χ1v) is 11.6. The van der Waals surface area contributed by atoms with Crippen LogP contribution in [-0.4, -0.2) is 25.6 Å². The number of aromatic nitrogens is 1. The normalized spacial score (nSPS) is 11.5. The van der Waals surface area contributed by atoms with Gasteiger partial charge in [-0.15, -0.1) is 11.3 Å². The van der Waals surface area contributed by atoms with Crippen molar-refractivity contribution in [2.75, 3.05) is 11.6 Å². The van der Waals surface area contributed by atoms with Gasteiger partial charge in [-0.05, 0) is 42.0 Å². The molecule has 0 unspecified atom stereocenters. The molecule has 1 aromatic heterocycles. The molecule has 0 atom stereocenters. The number of para-hydroxylation sites is 1. The molecule has 0 spiro atoms. The standard InChI is InChI=1S/C22H18N2O3S2/c1-29(26,27)20-9-5-2-6-17(20)22(25)23-16-12-10-15(11-13-16)14-21-24-18-7-3-4-8-19(18)28-21/h2-13H,14H2,1H3,(H,23,25). The number of nitrogens with zero attached hydrogens (tertiary/aromatic N) is 1. The molecule has 0 bridgehead atoms. The van der Waals surface area contributed by atoms with Crippen molar-refractivity contribution < 1.29 is 13.2 Å². The van der Waals surface area contributed by atoms with Gasteiger partial charge in [-0.25, -0.2) is 13.4 Å². The number of hydrogen-bond donors (Lipinski definition) is 1. The summed E-state index contributed by atoms with van der Waals surface area (Å²) < 4.78 is 25.0. The highest BCUT2D eigenvalue weighted by molar-refractivity contribution is 7.90. The number of rotatable bonds is 5. The summed E-state index contributed by atoms with van der Waals surface area (Å²) in [4.78, 5) is 17.2. The Labute approximate surface area is 173 Å². The Morgan fingerprint density at radius 3 is 2.38 bits per heavy atom. The molecule has 0 aliphatic carbocycles. The quantitative estimate of drug-likeness (QED) is 0.512. The predicted molar refractivity (Wildman–Crippen MR) is 116 cm³/mol. The minimum atomic E-state index is -3.49. The van der Waals surface area contributed by atoms with Gasteiger partial charge in [0.1, 0.15) is 0 Å². The van der Waals surface area contributed by atoms with Gasteiger partial charge in [0.05, 0.1) is 25.7 Å². The topological polar surface area (TPSA) is 76.1 Å². The number of carbonyl (C=O) groups is 1. The lowest BCUT2D eigenvalue weighted by Crippen LogP contribution is -2.16. The van der Waals surface area contributed by atoms with Crippen molar-refractivity contribution in [3.63, 3.8) is 0 Å². The second-order valence-electron chi connectivity index (χ2n) is 6.67. The summed E-state index contributed by atoms with van der Waals surface area (Å²) in [5.74, 6) is -0.454. The molecule has 4 rings (SSSR count). The number of carbonyl (C=O) groups excluding carboxylic acids is 1. The Bertz CT molecular complexity index is 1260. The highest BCUT2D eigenvalue weighted by Crippen LogP contribution is 2.24. The zero-order valence-corrected chi connectivity index (χ0v) is 17.3. The van der Waals surface area contributed by atoms with E-state index in [9.17, 15) is 13.2 Å². The molecule has 0 radical (unpaired) electrons. The molecule has 1 N–H and O–H groups in total. The monoisotopic (exact) mass is 422 g/mol.